The Morgan fingerprint density at radius 3 is 2.58 bits per heavy atom. The summed E-state index contributed by atoms with van der Waals surface area (Å²) in [7, 11) is 0. The molecule has 0 radical (unpaired) electrons. The van der Waals surface area contributed by atoms with Gasteiger partial charge in [-0.2, -0.15) is 0 Å². The van der Waals surface area contributed by atoms with Crippen molar-refractivity contribution < 1.29 is 15.0 Å². The monoisotopic (exact) mass is 275 g/mol. The maximum Gasteiger partial charge on any atom is 0.259 e. The van der Waals surface area contributed by atoms with Gasteiger partial charge in [0.25, 0.3) is 5.91 Å². The smallest absolute Gasteiger partial charge is 0.259 e. The minimum atomic E-state index is -0.463. The highest BCUT2D eigenvalue weighted by Gasteiger charge is 2.14. The second kappa shape index (κ2) is 5.67. The van der Waals surface area contributed by atoms with Gasteiger partial charge in [-0.25, -0.2) is 0 Å². The van der Waals surface area contributed by atoms with Gasteiger partial charge in [-0.15, -0.1) is 11.8 Å². The number of anilines is 1. The van der Waals surface area contributed by atoms with Crippen molar-refractivity contribution in [3.05, 3.63) is 48.0 Å². The molecule has 3 N–H and O–H groups in total. The fourth-order valence-corrected chi connectivity index (χ4v) is 2.21. The molecule has 0 fully saturated rings. The standard InChI is InChI=1S/C14H13NO3S/c1-19-12-8-3-2-6-10(12)15-14(18)9-5-4-7-11(16)13(9)17/h2-8,16-17H,1H3,(H,15,18). The lowest BCUT2D eigenvalue weighted by atomic mass is 10.1. The number of carbonyl (C=O) groups is 1. The first-order valence-corrected chi connectivity index (χ1v) is 6.81. The van der Waals surface area contributed by atoms with Gasteiger partial charge in [-0.3, -0.25) is 4.79 Å². The molecule has 1 amide bonds. The lowest BCUT2D eigenvalue weighted by molar-refractivity contribution is 0.102. The molecule has 0 aliphatic rings. The summed E-state index contributed by atoms with van der Waals surface area (Å²) in [6.07, 6.45) is 1.91. The van der Waals surface area contributed by atoms with Crippen molar-refractivity contribution in [1.82, 2.24) is 0 Å². The van der Waals surface area contributed by atoms with E-state index in [-0.39, 0.29) is 11.3 Å². The van der Waals surface area contributed by atoms with E-state index in [4.69, 9.17) is 0 Å². The van der Waals surface area contributed by atoms with Crippen LogP contribution in [0.25, 0.3) is 0 Å². The summed E-state index contributed by atoms with van der Waals surface area (Å²) in [5, 5.41) is 21.8. The van der Waals surface area contributed by atoms with Crippen LogP contribution in [0.2, 0.25) is 0 Å². The summed E-state index contributed by atoms with van der Waals surface area (Å²) in [6, 6.07) is 11.6. The molecule has 2 rings (SSSR count). The summed E-state index contributed by atoms with van der Waals surface area (Å²) in [6.45, 7) is 0. The molecule has 0 aromatic heterocycles. The first-order valence-electron chi connectivity index (χ1n) is 5.59. The van der Waals surface area contributed by atoms with Crippen molar-refractivity contribution in [2.75, 3.05) is 11.6 Å². The second-order valence-electron chi connectivity index (χ2n) is 3.83. The number of carbonyl (C=O) groups excluding carboxylic acids is 1. The lowest BCUT2D eigenvalue weighted by Crippen LogP contribution is -2.12. The van der Waals surface area contributed by atoms with E-state index in [2.05, 4.69) is 5.32 Å². The third-order valence-electron chi connectivity index (χ3n) is 2.61. The molecule has 2 aromatic rings. The van der Waals surface area contributed by atoms with E-state index in [9.17, 15) is 15.0 Å². The van der Waals surface area contributed by atoms with Gasteiger partial charge in [0.2, 0.25) is 0 Å². The SMILES string of the molecule is CSc1ccccc1NC(=O)c1cccc(O)c1O. The van der Waals surface area contributed by atoms with E-state index < -0.39 is 11.7 Å². The number of para-hydroxylation sites is 2. The van der Waals surface area contributed by atoms with Gasteiger partial charge in [0.15, 0.2) is 11.5 Å². The number of amides is 1. The molecule has 5 heteroatoms. The second-order valence-corrected chi connectivity index (χ2v) is 4.68. The Morgan fingerprint density at radius 1 is 1.11 bits per heavy atom. The number of hydrogen-bond donors (Lipinski definition) is 3. The van der Waals surface area contributed by atoms with Gasteiger partial charge in [0, 0.05) is 4.90 Å². The van der Waals surface area contributed by atoms with E-state index in [1.807, 2.05) is 24.5 Å². The van der Waals surface area contributed by atoms with Gasteiger partial charge in [-0.05, 0) is 30.5 Å². The Bertz CT molecular complexity index is 613. The molecule has 0 spiro atoms. The van der Waals surface area contributed by atoms with Crippen molar-refractivity contribution in [3.8, 4) is 11.5 Å². The van der Waals surface area contributed by atoms with Crippen molar-refractivity contribution in [2.45, 2.75) is 4.90 Å². The molecule has 0 heterocycles. The van der Waals surface area contributed by atoms with Crippen LogP contribution in [0.1, 0.15) is 10.4 Å². The molecule has 0 saturated carbocycles. The summed E-state index contributed by atoms with van der Waals surface area (Å²) in [5.41, 5.74) is 0.707. The van der Waals surface area contributed by atoms with E-state index in [0.29, 0.717) is 5.69 Å². The highest BCUT2D eigenvalue weighted by atomic mass is 32.2. The Morgan fingerprint density at radius 2 is 1.84 bits per heavy atom. The minimum Gasteiger partial charge on any atom is -0.504 e. The van der Waals surface area contributed by atoms with Gasteiger partial charge in [0.1, 0.15) is 0 Å². The number of aromatic hydroxyl groups is 2. The number of thioether (sulfide) groups is 1. The number of phenols is 2. The quantitative estimate of drug-likeness (QED) is 0.595. The van der Waals surface area contributed by atoms with Crippen molar-refractivity contribution in [1.29, 1.82) is 0 Å². The third kappa shape index (κ3) is 2.82. The maximum atomic E-state index is 12.1. The summed E-state index contributed by atoms with van der Waals surface area (Å²) in [4.78, 5) is 13.0. The maximum absolute atomic E-state index is 12.1. The van der Waals surface area contributed by atoms with Crippen molar-refractivity contribution in [3.63, 3.8) is 0 Å². The van der Waals surface area contributed by atoms with Gasteiger partial charge < -0.3 is 15.5 Å². The van der Waals surface area contributed by atoms with Gasteiger partial charge in [-0.1, -0.05) is 18.2 Å². The first-order chi connectivity index (χ1) is 9.13. The highest BCUT2D eigenvalue weighted by molar-refractivity contribution is 7.98. The molecular weight excluding hydrogens is 262 g/mol. The summed E-state index contributed by atoms with van der Waals surface area (Å²) >= 11 is 1.51. The van der Waals surface area contributed by atoms with Gasteiger partial charge >= 0.3 is 0 Å². The zero-order valence-electron chi connectivity index (χ0n) is 10.3. The number of nitrogens with one attached hydrogen (secondary N) is 1. The molecule has 2 aromatic carbocycles. The van der Waals surface area contributed by atoms with E-state index in [1.165, 1.54) is 30.0 Å². The van der Waals surface area contributed by atoms with Crippen LogP contribution in [0, 0.1) is 0 Å². The average Bonchev–Trinajstić information content (AvgIpc) is 2.42. The molecule has 19 heavy (non-hydrogen) atoms. The Kier molecular flexibility index (Phi) is 3.97. The Labute approximate surface area is 115 Å². The predicted octanol–water partition coefficient (Wildman–Crippen LogP) is 3.07. The fourth-order valence-electron chi connectivity index (χ4n) is 1.65. The van der Waals surface area contributed by atoms with Crippen LogP contribution in [-0.2, 0) is 0 Å². The predicted molar refractivity (Wildman–Crippen MR) is 75.9 cm³/mol. The van der Waals surface area contributed by atoms with Gasteiger partial charge in [0.05, 0.1) is 11.3 Å². The van der Waals surface area contributed by atoms with Crippen LogP contribution < -0.4 is 5.32 Å². The number of hydrogen-bond acceptors (Lipinski definition) is 4. The van der Waals surface area contributed by atoms with Crippen LogP contribution in [0.5, 0.6) is 11.5 Å². The number of benzene rings is 2. The van der Waals surface area contributed by atoms with Crippen LogP contribution >= 0.6 is 11.8 Å². The molecule has 0 aliphatic heterocycles. The molecule has 0 atom stereocenters. The van der Waals surface area contributed by atoms with Crippen LogP contribution in [0.15, 0.2) is 47.4 Å². The molecule has 4 nitrogen and oxygen atoms in total. The molecule has 0 unspecified atom stereocenters. The van der Waals surface area contributed by atoms with E-state index >= 15 is 0 Å². The average molecular weight is 275 g/mol. The number of rotatable bonds is 3. The van der Waals surface area contributed by atoms with Crippen LogP contribution in [-0.4, -0.2) is 22.4 Å². The fraction of sp³-hybridized carbons (Fsp3) is 0.0714. The molecule has 0 aliphatic carbocycles. The number of phenolic OH excluding ortho intramolecular Hbond substituents is 2. The van der Waals surface area contributed by atoms with Crippen molar-refractivity contribution in [2.24, 2.45) is 0 Å². The molecule has 0 bridgehead atoms. The van der Waals surface area contributed by atoms with E-state index in [1.54, 1.807) is 6.07 Å². The van der Waals surface area contributed by atoms with Crippen LogP contribution in [0.3, 0.4) is 0 Å². The zero-order chi connectivity index (χ0) is 13.8. The summed E-state index contributed by atoms with van der Waals surface area (Å²) < 4.78 is 0. The Hall–Kier alpha value is -2.14. The molecular formula is C14H13NO3S. The van der Waals surface area contributed by atoms with Crippen molar-refractivity contribution >= 4 is 23.4 Å². The lowest BCUT2D eigenvalue weighted by Gasteiger charge is -2.10. The summed E-state index contributed by atoms with van der Waals surface area (Å²) in [5.74, 6) is -1.19. The normalized spacial score (nSPS) is 10.2. The zero-order valence-corrected chi connectivity index (χ0v) is 11.1. The van der Waals surface area contributed by atoms with Crippen LogP contribution in [0.4, 0.5) is 5.69 Å². The largest absolute Gasteiger partial charge is 0.504 e. The molecule has 0 saturated heterocycles. The first kappa shape index (κ1) is 13.3. The molecule has 98 valence electrons. The highest BCUT2D eigenvalue weighted by Crippen LogP contribution is 2.30. The topological polar surface area (TPSA) is 69.6 Å². The minimum absolute atomic E-state index is 0.0379. The van der Waals surface area contributed by atoms with E-state index in [0.717, 1.165) is 4.90 Å². The third-order valence-corrected chi connectivity index (χ3v) is 3.41. The Balaban J connectivity index is 2.28.